The molecule has 0 radical (unpaired) electrons. The fourth-order valence-electron chi connectivity index (χ4n) is 9.17. The Kier molecular flexibility index (Phi) is 12.0. The van der Waals surface area contributed by atoms with Crippen molar-refractivity contribution in [2.75, 3.05) is 9.80 Å². The van der Waals surface area contributed by atoms with Gasteiger partial charge in [0.05, 0.1) is 23.9 Å². The zero-order valence-corrected chi connectivity index (χ0v) is 36.6. The van der Waals surface area contributed by atoms with E-state index in [1.165, 1.54) is 0 Å². The molecule has 6 aromatic rings. The number of ketones is 1. The first-order valence-corrected chi connectivity index (χ1v) is 21.9. The SMILES string of the molecule is O=C(C(c1ccccc1Br)[C@H]1[C@H](c2ccccc2)C[C@@H](O)N1c1ccc(Br)cc1)C(c1ccccc1Br)[C@H]1[C@H](c2ccccc2)C[C@@H](O)N1c1ccc(Br)cc1. The number of aliphatic hydroxyl groups is 2. The summed E-state index contributed by atoms with van der Waals surface area (Å²) in [5.74, 6) is -1.84. The summed E-state index contributed by atoms with van der Waals surface area (Å²) in [6.07, 6.45) is -0.817. The van der Waals surface area contributed by atoms with Gasteiger partial charge in [-0.15, -0.1) is 0 Å². The summed E-state index contributed by atoms with van der Waals surface area (Å²) < 4.78 is 3.50. The molecule has 0 saturated carbocycles. The number of halogens is 4. The van der Waals surface area contributed by atoms with Crippen molar-refractivity contribution in [1.82, 2.24) is 0 Å². The van der Waals surface area contributed by atoms with E-state index < -0.39 is 36.4 Å². The molecule has 2 unspecified atom stereocenters. The van der Waals surface area contributed by atoms with Crippen LogP contribution in [-0.2, 0) is 4.79 Å². The fourth-order valence-corrected chi connectivity index (χ4v) is 10.8. The zero-order chi connectivity index (χ0) is 38.9. The number of rotatable bonds is 10. The van der Waals surface area contributed by atoms with Crippen molar-refractivity contribution in [3.05, 3.63) is 198 Å². The van der Waals surface area contributed by atoms with Crippen LogP contribution in [0.2, 0.25) is 0 Å². The van der Waals surface area contributed by atoms with Gasteiger partial charge in [0.15, 0.2) is 5.78 Å². The van der Waals surface area contributed by atoms with Crippen LogP contribution < -0.4 is 9.80 Å². The third-order valence-electron chi connectivity index (χ3n) is 11.5. The first-order chi connectivity index (χ1) is 27.2. The number of hydrogen-bond donors (Lipinski definition) is 2. The van der Waals surface area contributed by atoms with Crippen molar-refractivity contribution in [2.45, 2.75) is 61.1 Å². The molecule has 2 N–H and O–H groups in total. The van der Waals surface area contributed by atoms with Gasteiger partial charge in [-0.2, -0.15) is 0 Å². The molecule has 5 nitrogen and oxygen atoms in total. The molecule has 8 atom stereocenters. The summed E-state index contributed by atoms with van der Waals surface area (Å²) in [5.41, 5.74) is 5.49. The van der Waals surface area contributed by atoms with E-state index in [2.05, 4.69) is 97.8 Å². The highest BCUT2D eigenvalue weighted by molar-refractivity contribution is 9.11. The molecule has 2 fully saturated rings. The lowest BCUT2D eigenvalue weighted by atomic mass is 9.70. The number of Topliss-reactive ketones (excluding diaryl/α,β-unsaturated/α-hetero) is 1. The lowest BCUT2D eigenvalue weighted by Gasteiger charge is -2.42. The highest BCUT2D eigenvalue weighted by Gasteiger charge is 2.54. The Morgan fingerprint density at radius 3 is 1.18 bits per heavy atom. The van der Waals surface area contributed by atoms with Gasteiger partial charge < -0.3 is 20.0 Å². The molecule has 0 aromatic heterocycles. The molecule has 0 bridgehead atoms. The van der Waals surface area contributed by atoms with Crippen LogP contribution in [0.1, 0.15) is 58.8 Å². The van der Waals surface area contributed by atoms with E-state index in [0.29, 0.717) is 12.8 Å². The minimum Gasteiger partial charge on any atom is -0.374 e. The van der Waals surface area contributed by atoms with Crippen LogP contribution in [0, 0.1) is 0 Å². The molecular weight excluding hydrogens is 960 g/mol. The summed E-state index contributed by atoms with van der Waals surface area (Å²) in [5, 5.41) is 24.3. The van der Waals surface area contributed by atoms with Crippen molar-refractivity contribution in [2.24, 2.45) is 0 Å². The molecule has 2 saturated heterocycles. The molecule has 0 amide bonds. The molecule has 284 valence electrons. The second-order valence-corrected chi connectivity index (χ2v) is 18.2. The monoisotopic (exact) mass is 996 g/mol. The van der Waals surface area contributed by atoms with Gasteiger partial charge in [0.1, 0.15) is 12.5 Å². The highest BCUT2D eigenvalue weighted by Crippen LogP contribution is 2.53. The van der Waals surface area contributed by atoms with Gasteiger partial charge in [-0.3, -0.25) is 4.79 Å². The quantitative estimate of drug-likeness (QED) is 0.143. The molecule has 2 heterocycles. The summed E-state index contributed by atoms with van der Waals surface area (Å²) in [7, 11) is 0. The van der Waals surface area contributed by atoms with Gasteiger partial charge in [0, 0.05) is 53.9 Å². The lowest BCUT2D eigenvalue weighted by molar-refractivity contribution is -0.123. The van der Waals surface area contributed by atoms with Crippen LogP contribution in [0.15, 0.2) is 176 Å². The van der Waals surface area contributed by atoms with Crippen molar-refractivity contribution in [3.63, 3.8) is 0 Å². The standard InChI is InChI=1S/C47H40Br4N2O3/c48-31-19-23-33(24-20-31)52-41(54)27-37(29-11-3-1-4-12-29)45(52)43(35-15-7-9-17-39(35)50)47(56)44(36-16-8-10-18-40(36)51)46-38(30-13-5-2-6-14-30)28-42(55)53(46)34-25-21-32(49)22-26-34/h1-26,37-38,41-46,54-55H,27-28H2/t37-,38-,41+,42+,43?,44?,45+,46+/m0/s1. The van der Waals surface area contributed by atoms with Crippen molar-refractivity contribution < 1.29 is 15.0 Å². The van der Waals surface area contributed by atoms with Gasteiger partial charge in [0.25, 0.3) is 0 Å². The molecule has 0 spiro atoms. The first kappa shape index (κ1) is 39.3. The van der Waals surface area contributed by atoms with Crippen LogP contribution in [0.5, 0.6) is 0 Å². The number of hydrogen-bond acceptors (Lipinski definition) is 5. The van der Waals surface area contributed by atoms with Crippen LogP contribution in [0.4, 0.5) is 11.4 Å². The fraction of sp³-hybridized carbons (Fsp3) is 0.213. The number of nitrogens with zero attached hydrogens (tertiary/aromatic N) is 2. The van der Waals surface area contributed by atoms with E-state index >= 15 is 4.79 Å². The highest BCUT2D eigenvalue weighted by atomic mass is 79.9. The van der Waals surface area contributed by atoms with Gasteiger partial charge >= 0.3 is 0 Å². The predicted molar refractivity (Wildman–Crippen MR) is 239 cm³/mol. The van der Waals surface area contributed by atoms with Gasteiger partial charge in [-0.25, -0.2) is 0 Å². The summed E-state index contributed by atoms with van der Waals surface area (Å²) in [4.78, 5) is 20.8. The number of benzene rings is 6. The van der Waals surface area contributed by atoms with E-state index in [-0.39, 0.29) is 17.6 Å². The maximum absolute atomic E-state index is 16.7. The maximum atomic E-state index is 16.7. The van der Waals surface area contributed by atoms with E-state index in [4.69, 9.17) is 0 Å². The van der Waals surface area contributed by atoms with E-state index in [0.717, 1.165) is 51.5 Å². The first-order valence-electron chi connectivity index (χ1n) is 18.8. The average molecular weight is 1000 g/mol. The number of carbonyl (C=O) groups excluding carboxylic acids is 1. The predicted octanol–water partition coefficient (Wildman–Crippen LogP) is 11.9. The smallest absolute Gasteiger partial charge is 0.152 e. The average Bonchev–Trinajstić information content (AvgIpc) is 3.74. The minimum atomic E-state index is -0.851. The van der Waals surface area contributed by atoms with Gasteiger partial charge in [-0.05, 0) is 82.9 Å². The van der Waals surface area contributed by atoms with Crippen molar-refractivity contribution in [1.29, 1.82) is 0 Å². The normalized spacial score (nSPS) is 23.2. The third-order valence-corrected chi connectivity index (χ3v) is 14.0. The van der Waals surface area contributed by atoms with Crippen LogP contribution >= 0.6 is 63.7 Å². The Balaban J connectivity index is 1.39. The Bertz CT molecular complexity index is 2120. The Hall–Kier alpha value is -3.57. The Morgan fingerprint density at radius 1 is 0.482 bits per heavy atom. The minimum absolute atomic E-state index is 0.00749. The lowest BCUT2D eigenvalue weighted by Crippen LogP contribution is -2.49. The van der Waals surface area contributed by atoms with E-state index in [1.54, 1.807) is 0 Å². The van der Waals surface area contributed by atoms with Gasteiger partial charge in [0.2, 0.25) is 0 Å². The second kappa shape index (κ2) is 17.1. The Labute approximate surface area is 361 Å². The molecule has 0 aliphatic carbocycles. The Morgan fingerprint density at radius 2 is 0.821 bits per heavy atom. The summed E-state index contributed by atoms with van der Waals surface area (Å²) in [6, 6.07) is 51.5. The van der Waals surface area contributed by atoms with Crippen LogP contribution in [-0.4, -0.2) is 40.5 Å². The molecule has 2 aliphatic heterocycles. The molecule has 2 aliphatic rings. The summed E-state index contributed by atoms with van der Waals surface area (Å²) >= 11 is 15.0. The molecule has 6 aromatic carbocycles. The summed E-state index contributed by atoms with van der Waals surface area (Å²) in [6.45, 7) is 0. The molecule has 8 rings (SSSR count). The molecule has 9 heteroatoms. The topological polar surface area (TPSA) is 64.0 Å². The largest absolute Gasteiger partial charge is 0.374 e. The zero-order valence-electron chi connectivity index (χ0n) is 30.3. The number of aliphatic hydroxyl groups excluding tert-OH is 2. The van der Waals surface area contributed by atoms with Crippen molar-refractivity contribution >= 4 is 80.9 Å². The van der Waals surface area contributed by atoms with Gasteiger partial charge in [-0.1, -0.05) is 161 Å². The van der Waals surface area contributed by atoms with Crippen molar-refractivity contribution in [3.8, 4) is 0 Å². The molecular formula is C47H40Br4N2O3. The number of carbonyl (C=O) groups is 1. The maximum Gasteiger partial charge on any atom is 0.152 e. The second-order valence-electron chi connectivity index (χ2n) is 14.6. The third kappa shape index (κ3) is 7.71. The van der Waals surface area contributed by atoms with Crippen LogP contribution in [0.25, 0.3) is 0 Å². The van der Waals surface area contributed by atoms with E-state index in [1.807, 2.05) is 133 Å². The molecule has 56 heavy (non-hydrogen) atoms. The van der Waals surface area contributed by atoms with Crippen LogP contribution in [0.3, 0.4) is 0 Å². The number of anilines is 2. The van der Waals surface area contributed by atoms with E-state index in [9.17, 15) is 10.2 Å².